The van der Waals surface area contributed by atoms with Crippen LogP contribution in [0, 0.1) is 0 Å². The van der Waals surface area contributed by atoms with Gasteiger partial charge in [0.1, 0.15) is 0 Å². The number of aromatic nitrogens is 1. The first-order valence-corrected chi connectivity index (χ1v) is 6.56. The Morgan fingerprint density at radius 3 is 2.94 bits per heavy atom. The second kappa shape index (κ2) is 9.14. The highest BCUT2D eigenvalue weighted by molar-refractivity contribution is 5.08. The Morgan fingerprint density at radius 2 is 2.29 bits per heavy atom. The van der Waals surface area contributed by atoms with Crippen LogP contribution in [0.1, 0.15) is 32.3 Å². The Labute approximate surface area is 105 Å². The van der Waals surface area contributed by atoms with Crippen molar-refractivity contribution in [2.24, 2.45) is 0 Å². The number of pyridine rings is 1. The van der Waals surface area contributed by atoms with Crippen LogP contribution in [-0.2, 0) is 11.2 Å². The highest BCUT2D eigenvalue weighted by Crippen LogP contribution is 2.04. The molecule has 0 aromatic carbocycles. The Bertz CT molecular complexity index is 269. The monoisotopic (exact) mass is 236 g/mol. The molecule has 0 aliphatic carbocycles. The van der Waals surface area contributed by atoms with Crippen molar-refractivity contribution in [3.8, 4) is 0 Å². The molecule has 1 aromatic rings. The molecule has 0 spiro atoms. The van der Waals surface area contributed by atoms with E-state index in [-0.39, 0.29) is 0 Å². The lowest BCUT2D eigenvalue weighted by Crippen LogP contribution is -2.34. The Morgan fingerprint density at radius 1 is 1.41 bits per heavy atom. The fourth-order valence-electron chi connectivity index (χ4n) is 1.74. The second-order valence-electron chi connectivity index (χ2n) is 4.21. The SMILES string of the molecule is CCCNC(CCc1cccnc1)COCC. The molecule has 1 unspecified atom stereocenters. The predicted octanol–water partition coefficient (Wildman–Crippen LogP) is 2.42. The molecular formula is C14H24N2O. The standard InChI is InChI=1S/C14H24N2O/c1-3-9-16-14(12-17-4-2)8-7-13-6-5-10-15-11-13/h5-6,10-11,14,16H,3-4,7-9,12H2,1-2H3. The quantitative estimate of drug-likeness (QED) is 0.715. The fourth-order valence-corrected chi connectivity index (χ4v) is 1.74. The van der Waals surface area contributed by atoms with E-state index in [9.17, 15) is 0 Å². The van der Waals surface area contributed by atoms with E-state index in [0.29, 0.717) is 6.04 Å². The highest BCUT2D eigenvalue weighted by atomic mass is 16.5. The lowest BCUT2D eigenvalue weighted by atomic mass is 10.1. The van der Waals surface area contributed by atoms with Crippen LogP contribution in [0.2, 0.25) is 0 Å². The van der Waals surface area contributed by atoms with Crippen LogP contribution in [0.5, 0.6) is 0 Å². The number of nitrogens with one attached hydrogen (secondary N) is 1. The number of hydrogen-bond donors (Lipinski definition) is 1. The first-order chi connectivity index (χ1) is 8.36. The van der Waals surface area contributed by atoms with Gasteiger partial charge in [0.15, 0.2) is 0 Å². The summed E-state index contributed by atoms with van der Waals surface area (Å²) in [7, 11) is 0. The first-order valence-electron chi connectivity index (χ1n) is 6.56. The fraction of sp³-hybridized carbons (Fsp3) is 0.643. The smallest absolute Gasteiger partial charge is 0.0619 e. The van der Waals surface area contributed by atoms with Crippen LogP contribution < -0.4 is 5.32 Å². The molecule has 0 fully saturated rings. The average molecular weight is 236 g/mol. The van der Waals surface area contributed by atoms with Crippen LogP contribution in [-0.4, -0.2) is 30.8 Å². The van der Waals surface area contributed by atoms with E-state index >= 15 is 0 Å². The van der Waals surface area contributed by atoms with E-state index in [2.05, 4.69) is 23.3 Å². The van der Waals surface area contributed by atoms with Gasteiger partial charge in [-0.15, -0.1) is 0 Å². The van der Waals surface area contributed by atoms with Gasteiger partial charge in [0.2, 0.25) is 0 Å². The van der Waals surface area contributed by atoms with Gasteiger partial charge in [0.05, 0.1) is 6.61 Å². The van der Waals surface area contributed by atoms with Crippen molar-refractivity contribution < 1.29 is 4.74 Å². The number of rotatable bonds is 9. The number of ether oxygens (including phenoxy) is 1. The minimum Gasteiger partial charge on any atom is -0.380 e. The maximum Gasteiger partial charge on any atom is 0.0619 e. The third-order valence-electron chi connectivity index (χ3n) is 2.71. The summed E-state index contributed by atoms with van der Waals surface area (Å²) in [4.78, 5) is 4.14. The Balaban J connectivity index is 2.31. The molecule has 0 aliphatic rings. The summed E-state index contributed by atoms with van der Waals surface area (Å²) in [5.41, 5.74) is 1.30. The van der Waals surface area contributed by atoms with Crippen LogP contribution in [0.25, 0.3) is 0 Å². The molecule has 0 aliphatic heterocycles. The van der Waals surface area contributed by atoms with E-state index in [1.165, 1.54) is 5.56 Å². The summed E-state index contributed by atoms with van der Waals surface area (Å²) in [6.45, 7) is 6.88. The van der Waals surface area contributed by atoms with E-state index in [1.54, 1.807) is 0 Å². The molecule has 3 nitrogen and oxygen atoms in total. The summed E-state index contributed by atoms with van der Waals surface area (Å²) in [5.74, 6) is 0. The van der Waals surface area contributed by atoms with Crippen molar-refractivity contribution in [3.05, 3.63) is 30.1 Å². The van der Waals surface area contributed by atoms with E-state index in [4.69, 9.17) is 4.74 Å². The minimum atomic E-state index is 0.454. The van der Waals surface area contributed by atoms with Gasteiger partial charge in [-0.25, -0.2) is 0 Å². The van der Waals surface area contributed by atoms with Gasteiger partial charge in [-0.05, 0) is 44.4 Å². The summed E-state index contributed by atoms with van der Waals surface area (Å²) in [6, 6.07) is 4.58. The van der Waals surface area contributed by atoms with Crippen molar-refractivity contribution in [2.45, 2.75) is 39.2 Å². The van der Waals surface area contributed by atoms with Crippen LogP contribution in [0.15, 0.2) is 24.5 Å². The molecule has 0 bridgehead atoms. The van der Waals surface area contributed by atoms with Gasteiger partial charge in [-0.3, -0.25) is 4.98 Å². The summed E-state index contributed by atoms with van der Waals surface area (Å²) in [6.07, 6.45) is 7.08. The summed E-state index contributed by atoms with van der Waals surface area (Å²) >= 11 is 0. The lowest BCUT2D eigenvalue weighted by molar-refractivity contribution is 0.120. The molecule has 1 atom stereocenters. The van der Waals surface area contributed by atoms with E-state index in [1.807, 2.05) is 25.4 Å². The maximum atomic E-state index is 5.50. The molecule has 1 aromatic heterocycles. The predicted molar refractivity (Wildman–Crippen MR) is 71.1 cm³/mol. The molecule has 1 heterocycles. The average Bonchev–Trinajstić information content (AvgIpc) is 2.39. The number of nitrogens with zero attached hydrogens (tertiary/aromatic N) is 1. The van der Waals surface area contributed by atoms with Crippen molar-refractivity contribution in [3.63, 3.8) is 0 Å². The second-order valence-corrected chi connectivity index (χ2v) is 4.21. The lowest BCUT2D eigenvalue weighted by Gasteiger charge is -2.18. The number of hydrogen-bond acceptors (Lipinski definition) is 3. The molecule has 3 heteroatoms. The zero-order valence-corrected chi connectivity index (χ0v) is 11.0. The summed E-state index contributed by atoms with van der Waals surface area (Å²) in [5, 5.41) is 3.53. The van der Waals surface area contributed by atoms with Gasteiger partial charge in [-0.2, -0.15) is 0 Å². The van der Waals surface area contributed by atoms with Crippen LogP contribution in [0.4, 0.5) is 0 Å². The first kappa shape index (κ1) is 14.1. The van der Waals surface area contributed by atoms with E-state index in [0.717, 1.165) is 39.0 Å². The molecule has 17 heavy (non-hydrogen) atoms. The highest BCUT2D eigenvalue weighted by Gasteiger charge is 2.07. The Kier molecular flexibility index (Phi) is 7.60. The van der Waals surface area contributed by atoms with Crippen molar-refractivity contribution in [1.82, 2.24) is 10.3 Å². The van der Waals surface area contributed by atoms with E-state index < -0.39 is 0 Å². The summed E-state index contributed by atoms with van der Waals surface area (Å²) < 4.78 is 5.50. The third kappa shape index (κ3) is 6.39. The topological polar surface area (TPSA) is 34.2 Å². The Hall–Kier alpha value is -0.930. The number of aryl methyl sites for hydroxylation is 1. The largest absolute Gasteiger partial charge is 0.380 e. The van der Waals surface area contributed by atoms with Gasteiger partial charge < -0.3 is 10.1 Å². The molecule has 0 saturated heterocycles. The van der Waals surface area contributed by atoms with Gasteiger partial charge in [-0.1, -0.05) is 13.0 Å². The maximum absolute atomic E-state index is 5.50. The van der Waals surface area contributed by atoms with Crippen molar-refractivity contribution in [1.29, 1.82) is 0 Å². The zero-order chi connectivity index (χ0) is 12.3. The minimum absolute atomic E-state index is 0.454. The van der Waals surface area contributed by atoms with Gasteiger partial charge in [0, 0.05) is 25.0 Å². The molecule has 0 radical (unpaired) electrons. The van der Waals surface area contributed by atoms with Crippen molar-refractivity contribution >= 4 is 0 Å². The normalized spacial score (nSPS) is 12.6. The van der Waals surface area contributed by atoms with Crippen LogP contribution in [0.3, 0.4) is 0 Å². The molecule has 96 valence electrons. The zero-order valence-electron chi connectivity index (χ0n) is 11.0. The molecule has 0 saturated carbocycles. The molecule has 0 amide bonds. The molecular weight excluding hydrogens is 212 g/mol. The molecule has 1 N–H and O–H groups in total. The van der Waals surface area contributed by atoms with Gasteiger partial charge in [0.25, 0.3) is 0 Å². The third-order valence-corrected chi connectivity index (χ3v) is 2.71. The van der Waals surface area contributed by atoms with Gasteiger partial charge >= 0.3 is 0 Å². The molecule has 1 rings (SSSR count). The van der Waals surface area contributed by atoms with Crippen LogP contribution >= 0.6 is 0 Å². The van der Waals surface area contributed by atoms with Crippen molar-refractivity contribution in [2.75, 3.05) is 19.8 Å².